The predicted octanol–water partition coefficient (Wildman–Crippen LogP) is 5.60. The highest BCUT2D eigenvalue weighted by Crippen LogP contribution is 2.31. The van der Waals surface area contributed by atoms with Crippen LogP contribution in [-0.2, 0) is 13.0 Å². The standard InChI is InChI=1S/C23H22ClN3/c24-20-6-7-23-18(4-5-19(23)15-20)8-11-26-16-17-2-1-3-22(14-17)27-21-9-12-25-13-10-21/h1-4,6-7,9-10,12-15,26H,5,8,11,16H2,(H,25,27). The summed E-state index contributed by atoms with van der Waals surface area (Å²) in [5, 5.41) is 7.79. The molecule has 0 fully saturated rings. The quantitative estimate of drug-likeness (QED) is 0.528. The monoisotopic (exact) mass is 375 g/mol. The molecule has 0 bridgehead atoms. The highest BCUT2D eigenvalue weighted by Gasteiger charge is 2.13. The van der Waals surface area contributed by atoms with E-state index in [1.54, 1.807) is 12.4 Å². The molecule has 27 heavy (non-hydrogen) atoms. The van der Waals surface area contributed by atoms with Crippen LogP contribution >= 0.6 is 11.6 Å². The van der Waals surface area contributed by atoms with Gasteiger partial charge in [-0.25, -0.2) is 0 Å². The van der Waals surface area contributed by atoms with E-state index in [0.717, 1.165) is 42.3 Å². The second-order valence-electron chi connectivity index (χ2n) is 6.72. The van der Waals surface area contributed by atoms with Crippen LogP contribution in [0.15, 0.2) is 73.1 Å². The van der Waals surface area contributed by atoms with Gasteiger partial charge >= 0.3 is 0 Å². The summed E-state index contributed by atoms with van der Waals surface area (Å²) in [5.41, 5.74) is 7.51. The first-order chi connectivity index (χ1) is 13.3. The summed E-state index contributed by atoms with van der Waals surface area (Å²) in [6.07, 6.45) is 7.93. The van der Waals surface area contributed by atoms with Gasteiger partial charge in [0.05, 0.1) is 0 Å². The van der Waals surface area contributed by atoms with Crippen molar-refractivity contribution in [2.45, 2.75) is 19.4 Å². The number of nitrogens with one attached hydrogen (secondary N) is 2. The first-order valence-corrected chi connectivity index (χ1v) is 9.60. The van der Waals surface area contributed by atoms with Crippen molar-refractivity contribution >= 4 is 28.5 Å². The van der Waals surface area contributed by atoms with Crippen LogP contribution in [0.5, 0.6) is 0 Å². The molecule has 0 aliphatic heterocycles. The highest BCUT2D eigenvalue weighted by atomic mass is 35.5. The molecule has 1 aromatic heterocycles. The number of hydrogen-bond donors (Lipinski definition) is 2. The molecule has 0 saturated carbocycles. The van der Waals surface area contributed by atoms with E-state index in [2.05, 4.69) is 58.1 Å². The minimum atomic E-state index is 0.821. The van der Waals surface area contributed by atoms with E-state index in [0.29, 0.717) is 0 Å². The Bertz CT molecular complexity index is 951. The lowest BCUT2D eigenvalue weighted by Gasteiger charge is -2.10. The van der Waals surface area contributed by atoms with Crippen molar-refractivity contribution in [3.05, 3.63) is 94.8 Å². The maximum absolute atomic E-state index is 6.09. The minimum Gasteiger partial charge on any atom is -0.355 e. The summed E-state index contributed by atoms with van der Waals surface area (Å²) in [5.74, 6) is 0. The molecule has 0 atom stereocenters. The van der Waals surface area contributed by atoms with Crippen molar-refractivity contribution in [2.75, 3.05) is 11.9 Å². The molecule has 1 aliphatic carbocycles. The number of aromatic nitrogens is 1. The van der Waals surface area contributed by atoms with Gasteiger partial charge in [-0.1, -0.05) is 35.9 Å². The number of rotatable bonds is 7. The molecule has 2 aromatic carbocycles. The van der Waals surface area contributed by atoms with Crippen molar-refractivity contribution < 1.29 is 0 Å². The van der Waals surface area contributed by atoms with E-state index in [9.17, 15) is 0 Å². The van der Waals surface area contributed by atoms with E-state index in [1.165, 1.54) is 22.3 Å². The average Bonchev–Trinajstić information content (AvgIpc) is 3.08. The Morgan fingerprint density at radius 3 is 2.74 bits per heavy atom. The average molecular weight is 376 g/mol. The Morgan fingerprint density at radius 1 is 0.963 bits per heavy atom. The lowest BCUT2D eigenvalue weighted by atomic mass is 10.0. The van der Waals surface area contributed by atoms with Gasteiger partial charge in [0.25, 0.3) is 0 Å². The molecule has 1 heterocycles. The molecule has 0 radical (unpaired) electrons. The largest absolute Gasteiger partial charge is 0.355 e. The molecule has 4 rings (SSSR count). The van der Waals surface area contributed by atoms with Crippen LogP contribution in [0.25, 0.3) is 5.57 Å². The van der Waals surface area contributed by atoms with Gasteiger partial charge in [-0.05, 0) is 78.0 Å². The van der Waals surface area contributed by atoms with Crippen molar-refractivity contribution in [1.29, 1.82) is 0 Å². The molecular formula is C23H22ClN3. The van der Waals surface area contributed by atoms with Crippen molar-refractivity contribution in [3.8, 4) is 0 Å². The maximum atomic E-state index is 6.09. The number of halogens is 1. The molecule has 3 aromatic rings. The summed E-state index contributed by atoms with van der Waals surface area (Å²) in [6.45, 7) is 1.81. The van der Waals surface area contributed by atoms with Gasteiger partial charge in [0.2, 0.25) is 0 Å². The summed E-state index contributed by atoms with van der Waals surface area (Å²) in [6, 6.07) is 18.6. The van der Waals surface area contributed by atoms with E-state index in [4.69, 9.17) is 11.6 Å². The van der Waals surface area contributed by atoms with Gasteiger partial charge in [0.15, 0.2) is 0 Å². The number of anilines is 2. The Balaban J connectivity index is 1.28. The molecular weight excluding hydrogens is 354 g/mol. The van der Waals surface area contributed by atoms with Crippen LogP contribution in [0, 0.1) is 0 Å². The van der Waals surface area contributed by atoms with Crippen LogP contribution in [0.2, 0.25) is 5.02 Å². The van der Waals surface area contributed by atoms with Crippen molar-refractivity contribution in [1.82, 2.24) is 10.3 Å². The number of fused-ring (bicyclic) bond motifs is 1. The maximum Gasteiger partial charge on any atom is 0.0415 e. The summed E-state index contributed by atoms with van der Waals surface area (Å²) < 4.78 is 0. The van der Waals surface area contributed by atoms with Crippen LogP contribution in [0.1, 0.15) is 23.1 Å². The molecule has 2 N–H and O–H groups in total. The van der Waals surface area contributed by atoms with Gasteiger partial charge in [-0.2, -0.15) is 0 Å². The van der Waals surface area contributed by atoms with Gasteiger partial charge in [0, 0.05) is 35.3 Å². The second kappa shape index (κ2) is 8.38. The van der Waals surface area contributed by atoms with E-state index in [1.807, 2.05) is 18.2 Å². The molecule has 1 aliphatic rings. The number of pyridine rings is 1. The number of benzene rings is 2. The zero-order valence-electron chi connectivity index (χ0n) is 15.1. The second-order valence-corrected chi connectivity index (χ2v) is 7.16. The highest BCUT2D eigenvalue weighted by molar-refractivity contribution is 6.30. The van der Waals surface area contributed by atoms with Gasteiger partial charge in [-0.3, -0.25) is 4.98 Å². The molecule has 136 valence electrons. The fraction of sp³-hybridized carbons (Fsp3) is 0.174. The normalized spacial score (nSPS) is 12.6. The van der Waals surface area contributed by atoms with E-state index < -0.39 is 0 Å². The van der Waals surface area contributed by atoms with Crippen molar-refractivity contribution in [2.24, 2.45) is 0 Å². The minimum absolute atomic E-state index is 0.821. The van der Waals surface area contributed by atoms with Crippen LogP contribution < -0.4 is 10.6 Å². The number of allylic oxidation sites excluding steroid dienone is 1. The van der Waals surface area contributed by atoms with Crippen LogP contribution in [-0.4, -0.2) is 11.5 Å². The smallest absolute Gasteiger partial charge is 0.0415 e. The van der Waals surface area contributed by atoms with E-state index in [-0.39, 0.29) is 0 Å². The first-order valence-electron chi connectivity index (χ1n) is 9.22. The zero-order chi connectivity index (χ0) is 18.5. The third-order valence-electron chi connectivity index (χ3n) is 4.78. The lowest BCUT2D eigenvalue weighted by Crippen LogP contribution is -2.15. The summed E-state index contributed by atoms with van der Waals surface area (Å²) >= 11 is 6.09. The molecule has 0 spiro atoms. The van der Waals surface area contributed by atoms with Crippen LogP contribution in [0.4, 0.5) is 11.4 Å². The first kappa shape index (κ1) is 17.8. The molecule has 4 heteroatoms. The third-order valence-corrected chi connectivity index (χ3v) is 5.01. The predicted molar refractivity (Wildman–Crippen MR) is 113 cm³/mol. The fourth-order valence-corrected chi connectivity index (χ4v) is 3.64. The molecule has 3 nitrogen and oxygen atoms in total. The SMILES string of the molecule is Clc1ccc2c(c1)CC=C2CCNCc1cccc(Nc2ccncc2)c1. The van der Waals surface area contributed by atoms with Gasteiger partial charge in [-0.15, -0.1) is 0 Å². The molecule has 0 amide bonds. The molecule has 0 saturated heterocycles. The van der Waals surface area contributed by atoms with Gasteiger partial charge < -0.3 is 10.6 Å². The Morgan fingerprint density at radius 2 is 1.85 bits per heavy atom. The Labute approximate surface area is 165 Å². The van der Waals surface area contributed by atoms with Gasteiger partial charge in [0.1, 0.15) is 0 Å². The molecule has 0 unspecified atom stereocenters. The topological polar surface area (TPSA) is 37.0 Å². The lowest BCUT2D eigenvalue weighted by molar-refractivity contribution is 0.700. The van der Waals surface area contributed by atoms with Crippen LogP contribution in [0.3, 0.4) is 0 Å². The van der Waals surface area contributed by atoms with E-state index >= 15 is 0 Å². The Hall–Kier alpha value is -2.62. The summed E-state index contributed by atoms with van der Waals surface area (Å²) in [7, 11) is 0. The fourth-order valence-electron chi connectivity index (χ4n) is 3.44. The Kier molecular flexibility index (Phi) is 5.52. The third kappa shape index (κ3) is 4.57. The number of hydrogen-bond acceptors (Lipinski definition) is 3. The summed E-state index contributed by atoms with van der Waals surface area (Å²) in [4.78, 5) is 4.04. The van der Waals surface area contributed by atoms with Crippen molar-refractivity contribution in [3.63, 3.8) is 0 Å². The number of nitrogens with zero attached hydrogens (tertiary/aromatic N) is 1. The zero-order valence-corrected chi connectivity index (χ0v) is 15.8.